The van der Waals surface area contributed by atoms with E-state index in [1.807, 2.05) is 24.3 Å². The maximum atomic E-state index is 12.0. The van der Waals surface area contributed by atoms with Gasteiger partial charge in [0, 0.05) is 12.8 Å². The normalized spacial score (nSPS) is 10.1. The molecule has 0 saturated carbocycles. The summed E-state index contributed by atoms with van der Waals surface area (Å²) in [5, 5.41) is 12.5. The van der Waals surface area contributed by atoms with E-state index in [1.165, 1.54) is 0 Å². The van der Waals surface area contributed by atoms with Crippen molar-refractivity contribution in [1.82, 2.24) is 0 Å². The van der Waals surface area contributed by atoms with Crippen LogP contribution in [-0.4, -0.2) is 11.0 Å². The average molecular weight is 465 g/mol. The quantitative estimate of drug-likeness (QED) is 0.663. The fourth-order valence-corrected chi connectivity index (χ4v) is 2.26. The van der Waals surface area contributed by atoms with Crippen LogP contribution in [0.1, 0.15) is 10.4 Å². The summed E-state index contributed by atoms with van der Waals surface area (Å²) in [6, 6.07) is 12.4. The highest BCUT2D eigenvalue weighted by atomic mass is 127. The third-order valence-corrected chi connectivity index (χ3v) is 3.70. The first-order valence-electron chi connectivity index (χ1n) is 5.12. The first-order valence-corrected chi connectivity index (χ1v) is 7.27. The molecule has 0 saturated heterocycles. The zero-order chi connectivity index (χ0) is 13.1. The van der Waals surface area contributed by atoms with Crippen molar-refractivity contribution >= 4 is 56.8 Å². The Balaban J connectivity index is 2.19. The lowest BCUT2D eigenvalue weighted by Crippen LogP contribution is -2.12. The molecule has 0 aromatic heterocycles. The second-order valence-electron chi connectivity index (χ2n) is 3.62. The SMILES string of the molecule is O=C(Nc1ccc(I)cc1)c1ccc(I)cc1O. The Morgan fingerprint density at radius 3 is 2.22 bits per heavy atom. The highest BCUT2D eigenvalue weighted by molar-refractivity contribution is 14.1. The number of hydrogen-bond acceptors (Lipinski definition) is 2. The predicted molar refractivity (Wildman–Crippen MR) is 87.9 cm³/mol. The number of halogens is 2. The van der Waals surface area contributed by atoms with Crippen molar-refractivity contribution in [3.63, 3.8) is 0 Å². The van der Waals surface area contributed by atoms with Gasteiger partial charge in [0.25, 0.3) is 5.91 Å². The minimum Gasteiger partial charge on any atom is -0.507 e. The number of carbonyl (C=O) groups excluding carboxylic acids is 1. The van der Waals surface area contributed by atoms with Crippen molar-refractivity contribution in [2.45, 2.75) is 0 Å². The van der Waals surface area contributed by atoms with Gasteiger partial charge in [0.05, 0.1) is 5.56 Å². The van der Waals surface area contributed by atoms with Gasteiger partial charge in [-0.05, 0) is 87.6 Å². The number of benzene rings is 2. The topological polar surface area (TPSA) is 49.3 Å². The third kappa shape index (κ3) is 3.35. The van der Waals surface area contributed by atoms with E-state index < -0.39 is 0 Å². The van der Waals surface area contributed by atoms with Gasteiger partial charge in [-0.3, -0.25) is 4.79 Å². The molecule has 0 fully saturated rings. The summed E-state index contributed by atoms with van der Waals surface area (Å²) in [5.41, 5.74) is 0.979. The lowest BCUT2D eigenvalue weighted by atomic mass is 10.2. The summed E-state index contributed by atoms with van der Waals surface area (Å²) in [6.45, 7) is 0. The molecule has 0 bridgehead atoms. The predicted octanol–water partition coefficient (Wildman–Crippen LogP) is 3.85. The van der Waals surface area contributed by atoms with Crippen LogP contribution >= 0.6 is 45.2 Å². The summed E-state index contributed by atoms with van der Waals surface area (Å²) in [7, 11) is 0. The number of anilines is 1. The van der Waals surface area contributed by atoms with Crippen molar-refractivity contribution < 1.29 is 9.90 Å². The van der Waals surface area contributed by atoms with E-state index in [1.54, 1.807) is 18.2 Å². The highest BCUT2D eigenvalue weighted by Crippen LogP contribution is 2.21. The lowest BCUT2D eigenvalue weighted by molar-refractivity contribution is 0.102. The number of amides is 1. The largest absolute Gasteiger partial charge is 0.507 e. The van der Waals surface area contributed by atoms with Gasteiger partial charge in [0.15, 0.2) is 0 Å². The number of hydrogen-bond donors (Lipinski definition) is 2. The molecule has 5 heteroatoms. The van der Waals surface area contributed by atoms with Crippen LogP contribution in [0.2, 0.25) is 0 Å². The summed E-state index contributed by atoms with van der Waals surface area (Å²) in [5.74, 6) is -0.324. The fraction of sp³-hybridized carbons (Fsp3) is 0. The van der Waals surface area contributed by atoms with Gasteiger partial charge < -0.3 is 10.4 Å². The molecule has 2 rings (SSSR count). The number of phenolic OH excluding ortho intramolecular Hbond substituents is 1. The van der Waals surface area contributed by atoms with Crippen LogP contribution in [0.5, 0.6) is 5.75 Å². The third-order valence-electron chi connectivity index (χ3n) is 2.31. The monoisotopic (exact) mass is 465 g/mol. The molecule has 2 aromatic carbocycles. The van der Waals surface area contributed by atoms with Crippen LogP contribution in [-0.2, 0) is 0 Å². The first-order chi connectivity index (χ1) is 8.56. The van der Waals surface area contributed by atoms with E-state index in [0.717, 1.165) is 7.14 Å². The molecule has 0 spiro atoms. The zero-order valence-corrected chi connectivity index (χ0v) is 13.5. The van der Waals surface area contributed by atoms with Crippen LogP contribution in [0.4, 0.5) is 5.69 Å². The molecule has 0 heterocycles. The van der Waals surface area contributed by atoms with Gasteiger partial charge >= 0.3 is 0 Å². The minimum atomic E-state index is -0.315. The van der Waals surface area contributed by atoms with Crippen LogP contribution in [0.25, 0.3) is 0 Å². The van der Waals surface area contributed by atoms with Crippen molar-refractivity contribution in [1.29, 1.82) is 0 Å². The molecule has 0 aliphatic carbocycles. The van der Waals surface area contributed by atoms with Crippen molar-refractivity contribution in [3.8, 4) is 5.75 Å². The van der Waals surface area contributed by atoms with Crippen LogP contribution in [0, 0.1) is 7.14 Å². The maximum Gasteiger partial charge on any atom is 0.259 e. The maximum absolute atomic E-state index is 12.0. The van der Waals surface area contributed by atoms with Crippen LogP contribution in [0.3, 0.4) is 0 Å². The number of nitrogens with one attached hydrogen (secondary N) is 1. The average Bonchev–Trinajstić information content (AvgIpc) is 2.32. The number of rotatable bonds is 2. The van der Waals surface area contributed by atoms with Crippen LogP contribution < -0.4 is 5.32 Å². The van der Waals surface area contributed by atoms with E-state index in [2.05, 4.69) is 50.5 Å². The molecule has 0 atom stereocenters. The van der Waals surface area contributed by atoms with Gasteiger partial charge in [-0.15, -0.1) is 0 Å². The zero-order valence-electron chi connectivity index (χ0n) is 9.15. The van der Waals surface area contributed by atoms with Gasteiger partial charge in [-0.2, -0.15) is 0 Å². The Morgan fingerprint density at radius 2 is 1.61 bits per heavy atom. The Bertz CT molecular complexity index is 582. The van der Waals surface area contributed by atoms with E-state index in [-0.39, 0.29) is 17.2 Å². The summed E-state index contributed by atoms with van der Waals surface area (Å²) < 4.78 is 1.98. The first kappa shape index (κ1) is 13.6. The van der Waals surface area contributed by atoms with Gasteiger partial charge in [0.2, 0.25) is 0 Å². The number of aromatic hydroxyl groups is 1. The molecule has 18 heavy (non-hydrogen) atoms. The number of carbonyl (C=O) groups is 1. The Hall–Kier alpha value is -0.830. The highest BCUT2D eigenvalue weighted by Gasteiger charge is 2.11. The summed E-state index contributed by atoms with van der Waals surface area (Å²) in [4.78, 5) is 12.0. The van der Waals surface area contributed by atoms with Crippen molar-refractivity contribution in [2.75, 3.05) is 5.32 Å². The molecule has 0 aliphatic rings. The molecule has 1 amide bonds. The summed E-state index contributed by atoms with van der Waals surface area (Å²) in [6.07, 6.45) is 0. The molecule has 2 N–H and O–H groups in total. The van der Waals surface area contributed by atoms with Crippen molar-refractivity contribution in [3.05, 3.63) is 55.2 Å². The molecule has 0 unspecified atom stereocenters. The fourth-order valence-electron chi connectivity index (χ4n) is 1.43. The molecular weight excluding hydrogens is 456 g/mol. The second kappa shape index (κ2) is 5.87. The molecule has 0 radical (unpaired) electrons. The van der Waals surface area contributed by atoms with E-state index in [4.69, 9.17) is 0 Å². The smallest absolute Gasteiger partial charge is 0.259 e. The van der Waals surface area contributed by atoms with E-state index in [9.17, 15) is 9.90 Å². The minimum absolute atomic E-state index is 0.00934. The molecule has 2 aromatic rings. The van der Waals surface area contributed by atoms with Crippen molar-refractivity contribution in [2.24, 2.45) is 0 Å². The Labute approximate surface area is 132 Å². The number of phenols is 1. The van der Waals surface area contributed by atoms with E-state index in [0.29, 0.717) is 5.69 Å². The molecular formula is C13H9I2NO2. The van der Waals surface area contributed by atoms with Crippen LogP contribution in [0.15, 0.2) is 42.5 Å². The summed E-state index contributed by atoms with van der Waals surface area (Å²) >= 11 is 4.28. The second-order valence-corrected chi connectivity index (χ2v) is 6.11. The molecule has 92 valence electrons. The Morgan fingerprint density at radius 1 is 1.00 bits per heavy atom. The lowest BCUT2D eigenvalue weighted by Gasteiger charge is -2.07. The van der Waals surface area contributed by atoms with Gasteiger partial charge in [-0.1, -0.05) is 0 Å². The Kier molecular flexibility index (Phi) is 4.44. The molecule has 0 aliphatic heterocycles. The standard InChI is InChI=1S/C13H9I2NO2/c14-8-1-4-10(5-2-8)16-13(18)11-6-3-9(15)7-12(11)17/h1-7,17H,(H,16,18). The van der Waals surface area contributed by atoms with E-state index >= 15 is 0 Å². The van der Waals surface area contributed by atoms with Gasteiger partial charge in [0.1, 0.15) is 5.75 Å². The molecule has 3 nitrogen and oxygen atoms in total. The van der Waals surface area contributed by atoms with Gasteiger partial charge in [-0.25, -0.2) is 0 Å².